The fraction of sp³-hybridized carbons (Fsp3) is 0.625. The quantitative estimate of drug-likeness (QED) is 0.764. The first-order valence-corrected chi connectivity index (χ1v) is 7.59. The number of aromatic hydroxyl groups is 1. The van der Waals surface area contributed by atoms with Crippen molar-refractivity contribution in [2.75, 3.05) is 26.2 Å². The average Bonchev–Trinajstić information content (AvgIpc) is 2.49. The lowest BCUT2D eigenvalue weighted by Crippen LogP contribution is -2.29. The van der Waals surface area contributed by atoms with Crippen molar-refractivity contribution in [1.29, 1.82) is 0 Å². The van der Waals surface area contributed by atoms with Crippen LogP contribution < -0.4 is 10.6 Å². The van der Waals surface area contributed by atoms with Crippen molar-refractivity contribution < 1.29 is 5.11 Å². The van der Waals surface area contributed by atoms with Crippen LogP contribution in [0.2, 0.25) is 0 Å². The van der Waals surface area contributed by atoms with E-state index in [-0.39, 0.29) is 0 Å². The zero-order chi connectivity index (χ0) is 13.1. The molecule has 0 amide bonds. The summed E-state index contributed by atoms with van der Waals surface area (Å²) in [5.41, 5.74) is 2.30. The van der Waals surface area contributed by atoms with E-state index >= 15 is 0 Å². The second-order valence-corrected chi connectivity index (χ2v) is 5.87. The van der Waals surface area contributed by atoms with Gasteiger partial charge in [-0.15, -0.1) is 0 Å². The Morgan fingerprint density at radius 2 is 1.42 bits per heavy atom. The van der Waals surface area contributed by atoms with Gasteiger partial charge in [-0.05, 0) is 49.9 Å². The molecule has 2 heterocycles. The molecule has 3 nitrogen and oxygen atoms in total. The summed E-state index contributed by atoms with van der Waals surface area (Å²) in [6, 6.07) is 6.33. The van der Waals surface area contributed by atoms with Crippen molar-refractivity contribution >= 4 is 0 Å². The SMILES string of the molecule is Oc1c(C2CCCNC2)cccc1C1CCCNC1. The van der Waals surface area contributed by atoms with E-state index in [1.807, 2.05) is 0 Å². The van der Waals surface area contributed by atoms with Crippen LogP contribution in [0.4, 0.5) is 0 Å². The highest BCUT2D eigenvalue weighted by atomic mass is 16.3. The number of para-hydroxylation sites is 1. The predicted octanol–water partition coefficient (Wildman–Crippen LogP) is 2.33. The van der Waals surface area contributed by atoms with Crippen LogP contribution in [-0.2, 0) is 0 Å². The predicted molar refractivity (Wildman–Crippen MR) is 77.8 cm³/mol. The van der Waals surface area contributed by atoms with Gasteiger partial charge in [-0.25, -0.2) is 0 Å². The Hall–Kier alpha value is -1.06. The second-order valence-electron chi connectivity index (χ2n) is 5.87. The van der Waals surface area contributed by atoms with Gasteiger partial charge in [-0.1, -0.05) is 18.2 Å². The van der Waals surface area contributed by atoms with E-state index in [9.17, 15) is 5.11 Å². The van der Waals surface area contributed by atoms with E-state index in [2.05, 4.69) is 28.8 Å². The molecule has 2 unspecified atom stereocenters. The molecule has 3 N–H and O–H groups in total. The third-order valence-electron chi connectivity index (χ3n) is 4.57. The molecular weight excluding hydrogens is 236 g/mol. The summed E-state index contributed by atoms with van der Waals surface area (Å²) in [7, 11) is 0. The topological polar surface area (TPSA) is 44.3 Å². The van der Waals surface area contributed by atoms with Gasteiger partial charge in [-0.3, -0.25) is 0 Å². The molecule has 0 saturated carbocycles. The molecule has 0 bridgehead atoms. The van der Waals surface area contributed by atoms with Crippen LogP contribution in [0, 0.1) is 0 Å². The summed E-state index contributed by atoms with van der Waals surface area (Å²) >= 11 is 0. The van der Waals surface area contributed by atoms with Gasteiger partial charge < -0.3 is 15.7 Å². The number of phenols is 1. The highest BCUT2D eigenvalue weighted by Crippen LogP contribution is 2.37. The molecule has 0 aromatic heterocycles. The maximum absolute atomic E-state index is 10.6. The monoisotopic (exact) mass is 260 g/mol. The van der Waals surface area contributed by atoms with E-state index < -0.39 is 0 Å². The molecule has 3 rings (SSSR count). The molecule has 2 saturated heterocycles. The van der Waals surface area contributed by atoms with Gasteiger partial charge in [0.15, 0.2) is 0 Å². The van der Waals surface area contributed by atoms with Gasteiger partial charge in [0.1, 0.15) is 5.75 Å². The van der Waals surface area contributed by atoms with Crippen molar-refractivity contribution in [1.82, 2.24) is 10.6 Å². The summed E-state index contributed by atoms with van der Waals surface area (Å²) in [4.78, 5) is 0. The Balaban J connectivity index is 1.84. The third kappa shape index (κ3) is 2.77. The molecule has 3 heteroatoms. The summed E-state index contributed by atoms with van der Waals surface area (Å²) in [5, 5.41) is 17.5. The third-order valence-corrected chi connectivity index (χ3v) is 4.57. The Morgan fingerprint density at radius 1 is 0.895 bits per heavy atom. The fourth-order valence-electron chi connectivity index (χ4n) is 3.47. The molecule has 1 aromatic carbocycles. The lowest BCUT2D eigenvalue weighted by molar-refractivity contribution is 0.404. The number of rotatable bonds is 2. The van der Waals surface area contributed by atoms with Gasteiger partial charge in [-0.2, -0.15) is 0 Å². The van der Waals surface area contributed by atoms with Crippen molar-refractivity contribution in [2.45, 2.75) is 37.5 Å². The number of benzene rings is 1. The van der Waals surface area contributed by atoms with Crippen LogP contribution in [0.5, 0.6) is 5.75 Å². The second kappa shape index (κ2) is 5.93. The van der Waals surface area contributed by atoms with Crippen LogP contribution in [0.25, 0.3) is 0 Å². The van der Waals surface area contributed by atoms with Crippen LogP contribution in [0.1, 0.15) is 48.6 Å². The minimum Gasteiger partial charge on any atom is -0.507 e. The Labute approximate surface area is 115 Å². The Kier molecular flexibility index (Phi) is 4.04. The number of phenolic OH excluding ortho intramolecular Hbond substituents is 1. The number of hydrogen-bond acceptors (Lipinski definition) is 3. The van der Waals surface area contributed by atoms with E-state index in [1.165, 1.54) is 25.7 Å². The van der Waals surface area contributed by atoms with E-state index in [4.69, 9.17) is 0 Å². The molecule has 2 aliphatic rings. The Morgan fingerprint density at radius 3 is 1.84 bits per heavy atom. The Bertz CT molecular complexity index is 385. The van der Waals surface area contributed by atoms with Gasteiger partial charge in [0.2, 0.25) is 0 Å². The molecular formula is C16H24N2O. The van der Waals surface area contributed by atoms with Crippen molar-refractivity contribution in [2.24, 2.45) is 0 Å². The minimum absolute atomic E-state index is 0.477. The highest BCUT2D eigenvalue weighted by molar-refractivity contribution is 5.45. The number of piperidine rings is 2. The highest BCUT2D eigenvalue weighted by Gasteiger charge is 2.23. The van der Waals surface area contributed by atoms with Crippen LogP contribution in [0.3, 0.4) is 0 Å². The molecule has 2 fully saturated rings. The standard InChI is InChI=1S/C16H24N2O/c19-16-14(12-4-2-8-17-10-12)6-1-7-15(16)13-5-3-9-18-11-13/h1,6-7,12-13,17-19H,2-5,8-11H2. The van der Waals surface area contributed by atoms with Crippen molar-refractivity contribution in [3.8, 4) is 5.75 Å². The molecule has 104 valence electrons. The van der Waals surface area contributed by atoms with Crippen molar-refractivity contribution in [3.63, 3.8) is 0 Å². The smallest absolute Gasteiger partial charge is 0.122 e. The molecule has 0 spiro atoms. The van der Waals surface area contributed by atoms with Gasteiger partial charge in [0, 0.05) is 24.9 Å². The fourth-order valence-corrected chi connectivity index (χ4v) is 3.47. The number of hydrogen-bond donors (Lipinski definition) is 3. The normalized spacial score (nSPS) is 28.2. The molecule has 19 heavy (non-hydrogen) atoms. The first kappa shape index (κ1) is 12.9. The summed E-state index contributed by atoms with van der Waals surface area (Å²) in [6.07, 6.45) is 4.79. The average molecular weight is 260 g/mol. The largest absolute Gasteiger partial charge is 0.507 e. The maximum atomic E-state index is 10.6. The van der Waals surface area contributed by atoms with Gasteiger partial charge in [0.25, 0.3) is 0 Å². The first-order chi connectivity index (χ1) is 9.36. The molecule has 2 atom stereocenters. The summed E-state index contributed by atoms with van der Waals surface area (Å²) in [6.45, 7) is 4.23. The van der Waals surface area contributed by atoms with E-state index in [0.717, 1.165) is 37.3 Å². The maximum Gasteiger partial charge on any atom is 0.122 e. The molecule has 0 radical (unpaired) electrons. The van der Waals surface area contributed by atoms with Crippen LogP contribution in [0.15, 0.2) is 18.2 Å². The zero-order valence-electron chi connectivity index (χ0n) is 11.5. The number of nitrogens with one attached hydrogen (secondary N) is 2. The zero-order valence-corrected chi connectivity index (χ0v) is 11.5. The van der Waals surface area contributed by atoms with E-state index in [1.54, 1.807) is 0 Å². The first-order valence-electron chi connectivity index (χ1n) is 7.59. The summed E-state index contributed by atoms with van der Waals surface area (Å²) in [5.74, 6) is 1.51. The van der Waals surface area contributed by atoms with Crippen LogP contribution >= 0.6 is 0 Å². The molecule has 1 aromatic rings. The van der Waals surface area contributed by atoms with E-state index in [0.29, 0.717) is 17.6 Å². The lowest BCUT2D eigenvalue weighted by Gasteiger charge is -2.28. The summed E-state index contributed by atoms with van der Waals surface area (Å²) < 4.78 is 0. The molecule has 2 aliphatic heterocycles. The van der Waals surface area contributed by atoms with Crippen molar-refractivity contribution in [3.05, 3.63) is 29.3 Å². The van der Waals surface area contributed by atoms with Gasteiger partial charge >= 0.3 is 0 Å². The van der Waals surface area contributed by atoms with Gasteiger partial charge in [0.05, 0.1) is 0 Å². The lowest BCUT2D eigenvalue weighted by atomic mass is 9.85. The minimum atomic E-state index is 0.477. The van der Waals surface area contributed by atoms with Crippen LogP contribution in [-0.4, -0.2) is 31.3 Å². The molecule has 0 aliphatic carbocycles.